The second-order valence-electron chi connectivity index (χ2n) is 5.75. The van der Waals surface area contributed by atoms with Crippen molar-refractivity contribution in [2.45, 2.75) is 63.8 Å². The van der Waals surface area contributed by atoms with Crippen molar-refractivity contribution in [3.8, 4) is 0 Å². The highest BCUT2D eigenvalue weighted by Gasteiger charge is 2.07. The van der Waals surface area contributed by atoms with Crippen molar-refractivity contribution in [2.24, 2.45) is 0 Å². The highest BCUT2D eigenvalue weighted by Crippen LogP contribution is 2.12. The Morgan fingerprint density at radius 1 is 0.714 bits per heavy atom. The number of unbranched alkanes of at least 4 members (excludes halogenated alkanes) is 7. The smallest absolute Gasteiger partial charge is 0.320 e. The molecule has 120 valence electrons. The van der Waals surface area contributed by atoms with E-state index in [0.717, 1.165) is 6.04 Å². The maximum atomic E-state index is 5.32. The van der Waals surface area contributed by atoms with Crippen LogP contribution in [0, 0.1) is 0 Å². The molecule has 0 spiro atoms. The minimum absolute atomic E-state index is 1.16. The molecule has 0 atom stereocenters. The van der Waals surface area contributed by atoms with Crippen LogP contribution in [0.2, 0.25) is 6.04 Å². The van der Waals surface area contributed by atoms with E-state index in [9.17, 15) is 0 Å². The van der Waals surface area contributed by atoms with Crippen molar-refractivity contribution in [3.05, 3.63) is 35.9 Å². The molecule has 0 saturated carbocycles. The van der Waals surface area contributed by atoms with Crippen LogP contribution in [0.15, 0.2) is 30.3 Å². The van der Waals surface area contributed by atoms with E-state index in [4.69, 9.17) is 8.85 Å². The Balaban J connectivity index is 1.82. The Labute approximate surface area is 132 Å². The van der Waals surface area contributed by atoms with E-state index in [1.807, 2.05) is 0 Å². The van der Waals surface area contributed by atoms with Crippen LogP contribution in [-0.4, -0.2) is 23.5 Å². The molecule has 0 amide bonds. The minimum atomic E-state index is -1.30. The second-order valence-corrected chi connectivity index (χ2v) is 8.13. The van der Waals surface area contributed by atoms with Gasteiger partial charge in [0.25, 0.3) is 0 Å². The van der Waals surface area contributed by atoms with Crippen molar-refractivity contribution >= 4 is 9.28 Å². The summed E-state index contributed by atoms with van der Waals surface area (Å²) < 4.78 is 10.6. The summed E-state index contributed by atoms with van der Waals surface area (Å²) in [5.74, 6) is 0. The Kier molecular flexibility index (Phi) is 11.4. The standard InChI is InChI=1S/C18H32O2Si/c1-19-21(20-2)17-13-8-6-4-3-5-7-10-14-18-15-11-9-12-16-18/h9,11-12,15-16,21H,3-8,10,13-14,17H2,1-2H3. The van der Waals surface area contributed by atoms with Gasteiger partial charge in [0.15, 0.2) is 0 Å². The fourth-order valence-electron chi connectivity index (χ4n) is 2.68. The molecule has 0 fully saturated rings. The molecule has 0 unspecified atom stereocenters. The first kappa shape index (κ1) is 18.4. The molecule has 2 nitrogen and oxygen atoms in total. The Morgan fingerprint density at radius 2 is 1.24 bits per heavy atom. The predicted molar refractivity (Wildman–Crippen MR) is 93.1 cm³/mol. The maximum absolute atomic E-state index is 5.32. The van der Waals surface area contributed by atoms with Crippen LogP contribution in [0.3, 0.4) is 0 Å². The number of rotatable bonds is 13. The van der Waals surface area contributed by atoms with E-state index < -0.39 is 9.28 Å². The van der Waals surface area contributed by atoms with Crippen molar-refractivity contribution in [2.75, 3.05) is 14.2 Å². The molecule has 1 aromatic carbocycles. The first-order valence-corrected chi connectivity index (χ1v) is 10.2. The number of aryl methyl sites for hydroxylation is 1. The Bertz CT molecular complexity index is 325. The van der Waals surface area contributed by atoms with Gasteiger partial charge in [-0.25, -0.2) is 0 Å². The van der Waals surface area contributed by atoms with E-state index in [1.54, 1.807) is 14.2 Å². The average Bonchev–Trinajstić information content (AvgIpc) is 2.54. The molecular weight excluding hydrogens is 276 g/mol. The predicted octanol–water partition coefficient (Wildman–Crippen LogP) is 4.86. The third kappa shape index (κ3) is 9.83. The van der Waals surface area contributed by atoms with E-state index in [0.29, 0.717) is 0 Å². The van der Waals surface area contributed by atoms with Gasteiger partial charge in [0.05, 0.1) is 0 Å². The molecule has 21 heavy (non-hydrogen) atoms. The van der Waals surface area contributed by atoms with Gasteiger partial charge >= 0.3 is 9.28 Å². The van der Waals surface area contributed by atoms with Crippen LogP contribution in [0.1, 0.15) is 56.9 Å². The maximum Gasteiger partial charge on any atom is 0.320 e. The third-order valence-corrected chi connectivity index (χ3v) is 5.96. The van der Waals surface area contributed by atoms with Crippen molar-refractivity contribution in [1.29, 1.82) is 0 Å². The Hall–Kier alpha value is -0.643. The topological polar surface area (TPSA) is 18.5 Å². The summed E-state index contributed by atoms with van der Waals surface area (Å²) >= 11 is 0. The molecule has 0 aromatic heterocycles. The molecule has 1 aromatic rings. The van der Waals surface area contributed by atoms with Crippen LogP contribution in [0.5, 0.6) is 0 Å². The summed E-state index contributed by atoms with van der Waals surface area (Å²) in [5, 5.41) is 0. The molecule has 0 saturated heterocycles. The monoisotopic (exact) mass is 308 g/mol. The van der Waals surface area contributed by atoms with Crippen molar-refractivity contribution in [3.63, 3.8) is 0 Å². The SMILES string of the molecule is CO[SiH](CCCCCCCCCCc1ccccc1)OC. The molecular formula is C18H32O2Si. The highest BCUT2D eigenvalue weighted by molar-refractivity contribution is 6.44. The van der Waals surface area contributed by atoms with E-state index in [2.05, 4.69) is 30.3 Å². The summed E-state index contributed by atoms with van der Waals surface area (Å²) in [6.07, 6.45) is 12.1. The molecule has 0 aliphatic heterocycles. The zero-order valence-electron chi connectivity index (χ0n) is 13.9. The van der Waals surface area contributed by atoms with Crippen molar-refractivity contribution in [1.82, 2.24) is 0 Å². The van der Waals surface area contributed by atoms with Gasteiger partial charge < -0.3 is 8.85 Å². The number of hydrogen-bond donors (Lipinski definition) is 0. The van der Waals surface area contributed by atoms with E-state index in [-0.39, 0.29) is 0 Å². The van der Waals surface area contributed by atoms with Gasteiger partial charge in [0.2, 0.25) is 0 Å². The van der Waals surface area contributed by atoms with Crippen LogP contribution in [0.25, 0.3) is 0 Å². The molecule has 0 aliphatic carbocycles. The van der Waals surface area contributed by atoms with Gasteiger partial charge in [0.1, 0.15) is 0 Å². The first-order valence-electron chi connectivity index (χ1n) is 8.46. The van der Waals surface area contributed by atoms with Gasteiger partial charge in [-0.2, -0.15) is 0 Å². The zero-order chi connectivity index (χ0) is 15.2. The average molecular weight is 309 g/mol. The number of hydrogen-bond acceptors (Lipinski definition) is 2. The normalized spacial score (nSPS) is 11.2. The molecule has 3 heteroatoms. The summed E-state index contributed by atoms with van der Waals surface area (Å²) in [4.78, 5) is 0. The zero-order valence-corrected chi connectivity index (χ0v) is 15.0. The Morgan fingerprint density at radius 3 is 1.81 bits per heavy atom. The fourth-order valence-corrected chi connectivity index (χ4v) is 3.96. The summed E-state index contributed by atoms with van der Waals surface area (Å²) in [7, 11) is 2.25. The molecule has 0 N–H and O–H groups in total. The number of benzene rings is 1. The lowest BCUT2D eigenvalue weighted by Crippen LogP contribution is -2.18. The summed E-state index contributed by atoms with van der Waals surface area (Å²) in [5.41, 5.74) is 1.48. The largest absolute Gasteiger partial charge is 0.400 e. The third-order valence-electron chi connectivity index (χ3n) is 4.02. The first-order chi connectivity index (χ1) is 10.4. The van der Waals surface area contributed by atoms with Crippen LogP contribution in [-0.2, 0) is 15.3 Å². The van der Waals surface area contributed by atoms with Gasteiger partial charge in [-0.15, -0.1) is 0 Å². The lowest BCUT2D eigenvalue weighted by atomic mass is 10.0. The van der Waals surface area contributed by atoms with Gasteiger partial charge in [-0.05, 0) is 24.4 Å². The van der Waals surface area contributed by atoms with Gasteiger partial charge in [0, 0.05) is 14.2 Å². The molecule has 0 heterocycles. The fraction of sp³-hybridized carbons (Fsp3) is 0.667. The lowest BCUT2D eigenvalue weighted by Gasteiger charge is -2.10. The lowest BCUT2D eigenvalue weighted by molar-refractivity contribution is 0.276. The molecule has 0 radical (unpaired) electrons. The van der Waals surface area contributed by atoms with E-state index in [1.165, 1.54) is 63.4 Å². The minimum Gasteiger partial charge on any atom is -0.400 e. The summed E-state index contributed by atoms with van der Waals surface area (Å²) in [6, 6.07) is 12.0. The van der Waals surface area contributed by atoms with Crippen molar-refractivity contribution < 1.29 is 8.85 Å². The summed E-state index contributed by atoms with van der Waals surface area (Å²) in [6.45, 7) is 0. The van der Waals surface area contributed by atoms with Gasteiger partial charge in [-0.1, -0.05) is 75.3 Å². The molecule has 0 aliphatic rings. The van der Waals surface area contributed by atoms with Crippen LogP contribution >= 0.6 is 0 Å². The highest BCUT2D eigenvalue weighted by atomic mass is 28.3. The molecule has 0 bridgehead atoms. The molecule has 1 rings (SSSR count). The van der Waals surface area contributed by atoms with Gasteiger partial charge in [-0.3, -0.25) is 0 Å². The van der Waals surface area contributed by atoms with Crippen LogP contribution in [0.4, 0.5) is 0 Å². The quantitative estimate of drug-likeness (QED) is 0.382. The van der Waals surface area contributed by atoms with Crippen LogP contribution < -0.4 is 0 Å². The van der Waals surface area contributed by atoms with E-state index >= 15 is 0 Å². The second kappa shape index (κ2) is 13.1.